The Morgan fingerprint density at radius 1 is 1.25 bits per heavy atom. The molecule has 0 aliphatic heterocycles. The quantitative estimate of drug-likeness (QED) is 0.346. The van der Waals surface area contributed by atoms with Crippen LogP contribution in [0.2, 0.25) is 5.02 Å². The summed E-state index contributed by atoms with van der Waals surface area (Å²) in [5.74, 6) is 1.54. The van der Waals surface area contributed by atoms with Crippen LogP contribution < -0.4 is 4.74 Å². The van der Waals surface area contributed by atoms with Crippen molar-refractivity contribution in [2.75, 3.05) is 0 Å². The standard InChI is InChI=1S/C21H21ClFN3OS/c1-4-10-26-20(12-27-19-11-14(2)8-9-15(19)3)24-25-21(26)28-13-16-17(22)6-5-7-18(16)23/h4-9,11H,1,10,12-13H2,2-3H3. The zero-order valence-corrected chi connectivity index (χ0v) is 17.4. The van der Waals surface area contributed by atoms with E-state index in [4.69, 9.17) is 16.3 Å². The number of rotatable bonds is 8. The molecule has 7 heteroatoms. The molecule has 0 amide bonds. The summed E-state index contributed by atoms with van der Waals surface area (Å²) in [4.78, 5) is 0. The van der Waals surface area contributed by atoms with Gasteiger partial charge in [-0.3, -0.25) is 4.57 Å². The normalized spacial score (nSPS) is 10.9. The minimum Gasteiger partial charge on any atom is -0.485 e. The Kier molecular flexibility index (Phi) is 6.75. The molecule has 0 unspecified atom stereocenters. The molecular formula is C21H21ClFN3OS. The maximum atomic E-state index is 14.0. The van der Waals surface area contributed by atoms with Gasteiger partial charge < -0.3 is 4.74 Å². The smallest absolute Gasteiger partial charge is 0.191 e. The molecule has 1 heterocycles. The molecule has 0 saturated heterocycles. The first-order valence-corrected chi connectivity index (χ1v) is 10.1. The van der Waals surface area contributed by atoms with E-state index in [9.17, 15) is 4.39 Å². The first-order valence-electron chi connectivity index (χ1n) is 8.78. The van der Waals surface area contributed by atoms with E-state index < -0.39 is 0 Å². The van der Waals surface area contributed by atoms with Gasteiger partial charge in [-0.25, -0.2) is 4.39 Å². The molecular weight excluding hydrogens is 397 g/mol. The lowest BCUT2D eigenvalue weighted by Gasteiger charge is -2.11. The van der Waals surface area contributed by atoms with Gasteiger partial charge in [0, 0.05) is 22.9 Å². The Labute approximate surface area is 173 Å². The highest BCUT2D eigenvalue weighted by Gasteiger charge is 2.15. The van der Waals surface area contributed by atoms with Crippen LogP contribution in [0.15, 0.2) is 54.2 Å². The first-order chi connectivity index (χ1) is 13.5. The maximum absolute atomic E-state index is 14.0. The second-order valence-corrected chi connectivity index (χ2v) is 7.69. The van der Waals surface area contributed by atoms with E-state index in [1.54, 1.807) is 18.2 Å². The molecule has 0 bridgehead atoms. The number of aryl methyl sites for hydroxylation is 2. The summed E-state index contributed by atoms with van der Waals surface area (Å²) in [5.41, 5.74) is 2.64. The van der Waals surface area contributed by atoms with E-state index >= 15 is 0 Å². The molecule has 0 radical (unpaired) electrons. The summed E-state index contributed by atoms with van der Waals surface area (Å²) >= 11 is 7.49. The minimum atomic E-state index is -0.326. The van der Waals surface area contributed by atoms with E-state index in [2.05, 4.69) is 16.8 Å². The summed E-state index contributed by atoms with van der Waals surface area (Å²) in [6, 6.07) is 10.7. The largest absolute Gasteiger partial charge is 0.485 e. The van der Waals surface area contributed by atoms with Crippen molar-refractivity contribution in [3.63, 3.8) is 0 Å². The van der Waals surface area contributed by atoms with Gasteiger partial charge in [0.05, 0.1) is 0 Å². The number of nitrogens with zero attached hydrogens (tertiary/aromatic N) is 3. The van der Waals surface area contributed by atoms with Gasteiger partial charge in [0.15, 0.2) is 11.0 Å². The molecule has 2 aromatic carbocycles. The predicted molar refractivity (Wildman–Crippen MR) is 111 cm³/mol. The second-order valence-electron chi connectivity index (χ2n) is 6.34. The SMILES string of the molecule is C=CCn1c(COc2cc(C)ccc2C)nnc1SCc1c(F)cccc1Cl. The third-order valence-electron chi connectivity index (χ3n) is 4.21. The van der Waals surface area contributed by atoms with Crippen LogP contribution in [0.5, 0.6) is 5.75 Å². The van der Waals surface area contributed by atoms with E-state index in [0.717, 1.165) is 16.9 Å². The first kappa shape index (κ1) is 20.4. The Balaban J connectivity index is 1.76. The lowest BCUT2D eigenvalue weighted by atomic mass is 10.1. The van der Waals surface area contributed by atoms with Gasteiger partial charge >= 0.3 is 0 Å². The van der Waals surface area contributed by atoms with Crippen molar-refractivity contribution in [1.82, 2.24) is 14.8 Å². The van der Waals surface area contributed by atoms with Gasteiger partial charge in [-0.2, -0.15) is 0 Å². The fraction of sp³-hybridized carbons (Fsp3) is 0.238. The average molecular weight is 418 g/mol. The fourth-order valence-corrected chi connectivity index (χ4v) is 3.97. The number of allylic oxidation sites excluding steroid dienone is 1. The molecule has 0 fully saturated rings. The second kappa shape index (κ2) is 9.26. The number of hydrogen-bond donors (Lipinski definition) is 0. The molecule has 3 rings (SSSR count). The van der Waals surface area contributed by atoms with Crippen LogP contribution in [-0.2, 0) is 18.9 Å². The van der Waals surface area contributed by atoms with Crippen LogP contribution >= 0.6 is 23.4 Å². The maximum Gasteiger partial charge on any atom is 0.191 e. The molecule has 0 atom stereocenters. The Hall–Kier alpha value is -2.31. The number of aromatic nitrogens is 3. The molecule has 4 nitrogen and oxygen atoms in total. The van der Waals surface area contributed by atoms with Crippen molar-refractivity contribution < 1.29 is 9.13 Å². The zero-order chi connectivity index (χ0) is 20.1. The molecule has 0 aliphatic rings. The van der Waals surface area contributed by atoms with E-state index in [1.165, 1.54) is 17.8 Å². The third-order valence-corrected chi connectivity index (χ3v) is 5.56. The van der Waals surface area contributed by atoms with Crippen molar-refractivity contribution in [1.29, 1.82) is 0 Å². The van der Waals surface area contributed by atoms with Crippen LogP contribution in [0.1, 0.15) is 22.5 Å². The van der Waals surface area contributed by atoms with Crippen molar-refractivity contribution in [2.24, 2.45) is 0 Å². The Morgan fingerprint density at radius 2 is 2.07 bits per heavy atom. The van der Waals surface area contributed by atoms with Crippen LogP contribution in [-0.4, -0.2) is 14.8 Å². The summed E-state index contributed by atoms with van der Waals surface area (Å²) in [7, 11) is 0. The van der Waals surface area contributed by atoms with Crippen LogP contribution in [0.3, 0.4) is 0 Å². The summed E-state index contributed by atoms with van der Waals surface area (Å²) in [6.45, 7) is 8.64. The number of halogens is 2. The highest BCUT2D eigenvalue weighted by Crippen LogP contribution is 2.28. The average Bonchev–Trinajstić information content (AvgIpc) is 3.04. The zero-order valence-electron chi connectivity index (χ0n) is 15.8. The van der Waals surface area contributed by atoms with Gasteiger partial charge in [-0.15, -0.1) is 16.8 Å². The van der Waals surface area contributed by atoms with Crippen molar-refractivity contribution in [3.8, 4) is 5.75 Å². The van der Waals surface area contributed by atoms with Crippen molar-refractivity contribution in [2.45, 2.75) is 37.9 Å². The molecule has 0 N–H and O–H groups in total. The van der Waals surface area contributed by atoms with Gasteiger partial charge in [0.1, 0.15) is 18.2 Å². The van der Waals surface area contributed by atoms with E-state index in [0.29, 0.717) is 33.9 Å². The highest BCUT2D eigenvalue weighted by molar-refractivity contribution is 7.98. The van der Waals surface area contributed by atoms with Crippen molar-refractivity contribution in [3.05, 3.63) is 82.4 Å². The van der Waals surface area contributed by atoms with E-state index in [1.807, 2.05) is 36.6 Å². The van der Waals surface area contributed by atoms with Gasteiger partial charge in [-0.05, 0) is 43.2 Å². The fourth-order valence-electron chi connectivity index (χ4n) is 2.66. The summed E-state index contributed by atoms with van der Waals surface area (Å²) in [5, 5.41) is 9.56. The molecule has 0 spiro atoms. The van der Waals surface area contributed by atoms with Gasteiger partial charge in [0.25, 0.3) is 0 Å². The molecule has 1 aromatic heterocycles. The Bertz CT molecular complexity index is 970. The summed E-state index contributed by atoms with van der Waals surface area (Å²) < 4.78 is 21.9. The number of ether oxygens (including phenoxy) is 1. The molecule has 146 valence electrons. The van der Waals surface area contributed by atoms with Crippen LogP contribution in [0.25, 0.3) is 0 Å². The van der Waals surface area contributed by atoms with Gasteiger partial charge in [-0.1, -0.05) is 47.6 Å². The number of benzene rings is 2. The van der Waals surface area contributed by atoms with Crippen LogP contribution in [0, 0.1) is 19.7 Å². The third kappa shape index (κ3) is 4.75. The molecule has 3 aromatic rings. The number of thioether (sulfide) groups is 1. The van der Waals surface area contributed by atoms with Crippen molar-refractivity contribution >= 4 is 23.4 Å². The topological polar surface area (TPSA) is 39.9 Å². The summed E-state index contributed by atoms with van der Waals surface area (Å²) in [6.07, 6.45) is 1.77. The van der Waals surface area contributed by atoms with E-state index in [-0.39, 0.29) is 12.4 Å². The minimum absolute atomic E-state index is 0.284. The Morgan fingerprint density at radius 3 is 2.82 bits per heavy atom. The molecule has 0 saturated carbocycles. The lowest BCUT2D eigenvalue weighted by molar-refractivity contribution is 0.287. The molecule has 28 heavy (non-hydrogen) atoms. The number of hydrogen-bond acceptors (Lipinski definition) is 4. The lowest BCUT2D eigenvalue weighted by Crippen LogP contribution is -2.08. The highest BCUT2D eigenvalue weighted by atomic mass is 35.5. The molecule has 0 aliphatic carbocycles. The monoisotopic (exact) mass is 417 g/mol. The van der Waals surface area contributed by atoms with Crippen LogP contribution in [0.4, 0.5) is 4.39 Å². The van der Waals surface area contributed by atoms with Gasteiger partial charge in [0.2, 0.25) is 0 Å². The predicted octanol–water partition coefficient (Wildman–Crippen LogP) is 5.74.